The monoisotopic (exact) mass is 1270 g/mol. The number of nitrogens with zero attached hydrogens (tertiary/aromatic N) is 6. The maximum atomic E-state index is 4.82. The molecule has 0 bridgehead atoms. The first-order valence-electron chi connectivity index (χ1n) is 29.0. The molecule has 0 unspecified atom stereocenters. The molecule has 8 aromatic carbocycles. The van der Waals surface area contributed by atoms with E-state index in [2.05, 4.69) is 261 Å². The number of fused-ring (bicyclic) bond motifs is 7. The van der Waals surface area contributed by atoms with Crippen molar-refractivity contribution in [3.63, 3.8) is 0 Å². The Morgan fingerprint density at radius 1 is 0.284 bits per heavy atom. The van der Waals surface area contributed by atoms with Gasteiger partial charge in [0.05, 0.1) is 22.8 Å². The Bertz CT molecular complexity index is 4720. The van der Waals surface area contributed by atoms with E-state index in [0.29, 0.717) is 0 Å². The Morgan fingerprint density at radius 2 is 0.580 bits per heavy atom. The molecule has 0 amide bonds. The van der Waals surface area contributed by atoms with E-state index in [1.54, 1.807) is 45.3 Å². The fourth-order valence-electron chi connectivity index (χ4n) is 14.2. The highest BCUT2D eigenvalue weighted by Crippen LogP contribution is 2.46. The van der Waals surface area contributed by atoms with E-state index in [0.717, 1.165) is 54.2 Å². The molecule has 0 fully saturated rings. The molecule has 16 aromatic rings. The van der Waals surface area contributed by atoms with Crippen molar-refractivity contribution >= 4 is 135 Å². The van der Waals surface area contributed by atoms with Crippen LogP contribution in [0.2, 0.25) is 0 Å². The van der Waals surface area contributed by atoms with Gasteiger partial charge in [-0.3, -0.25) is 0 Å². The lowest BCUT2D eigenvalue weighted by molar-refractivity contribution is 1.09. The lowest BCUT2D eigenvalue weighted by Gasteiger charge is -2.31. The maximum absolute atomic E-state index is 4.82. The molecule has 2 aliphatic heterocycles. The molecule has 88 heavy (non-hydrogen) atoms. The normalized spacial score (nSPS) is 13.4. The number of rotatable bonds is 12. The minimum atomic E-state index is -2.81. The van der Waals surface area contributed by atoms with E-state index in [1.165, 1.54) is 94.0 Å². The average molecular weight is 1270 g/mol. The van der Waals surface area contributed by atoms with Crippen LogP contribution in [0.15, 0.2) is 277 Å². The lowest BCUT2D eigenvalue weighted by atomic mass is 10.0. The Balaban J connectivity index is 0.780. The van der Waals surface area contributed by atoms with Crippen molar-refractivity contribution in [3.8, 4) is 97.3 Å². The van der Waals surface area contributed by atoms with E-state index < -0.39 is 16.1 Å². The smallest absolute Gasteiger partial charge is 0.180 e. The van der Waals surface area contributed by atoms with E-state index in [-0.39, 0.29) is 0 Å². The zero-order valence-electron chi connectivity index (χ0n) is 46.7. The number of benzene rings is 8. The van der Waals surface area contributed by atoms with E-state index >= 15 is 0 Å². The van der Waals surface area contributed by atoms with Gasteiger partial charge in [-0.1, -0.05) is 158 Å². The highest BCUT2D eigenvalue weighted by molar-refractivity contribution is 7.31. The van der Waals surface area contributed by atoms with E-state index in [9.17, 15) is 0 Å². The summed E-state index contributed by atoms with van der Waals surface area (Å²) >= 11 is 10.4. The van der Waals surface area contributed by atoms with Gasteiger partial charge in [-0.2, -0.15) is 0 Å². The van der Waals surface area contributed by atoms with Crippen molar-refractivity contribution in [1.82, 2.24) is 29.1 Å². The van der Waals surface area contributed by atoms with Gasteiger partial charge in [-0.05, 0) is 148 Å². The van der Waals surface area contributed by atoms with Crippen LogP contribution in [0.1, 0.15) is 0 Å². The largest absolute Gasteiger partial charge is 0.305 e. The molecule has 416 valence electrons. The molecule has 0 atom stereocenters. The highest BCUT2D eigenvalue weighted by atomic mass is 32.1. The van der Waals surface area contributed by atoms with Crippen LogP contribution in [0.4, 0.5) is 0 Å². The van der Waals surface area contributed by atoms with Gasteiger partial charge < -0.3 is 9.13 Å². The average Bonchev–Trinajstić information content (AvgIpc) is 1.69. The summed E-state index contributed by atoms with van der Waals surface area (Å²) in [5, 5.41) is 23.3. The third kappa shape index (κ3) is 7.90. The van der Waals surface area contributed by atoms with E-state index in [4.69, 9.17) is 19.9 Å². The van der Waals surface area contributed by atoms with Crippen molar-refractivity contribution in [2.45, 2.75) is 0 Å². The molecule has 6 nitrogen and oxygen atoms in total. The molecular weight excluding hydrogens is 1220 g/mol. The standard InChI is InChI=1S/C74H46N6S6Si2/c1-5-13-51(14-6-1)87(52-15-7-2-8-16-52)67-29-21-47(41-55(67)57-43-49(23-31-69(57)87)79-59(71-75-33-37-81-71)25-26-60(79)72-76-34-38-82-72)63-45-65-66(85-63)46-64(86-65)48-22-30-68-56(42-48)58-44-50(80-61(73-77-35-39-83-73)27-28-62(80)74-78-36-40-84-74)24-32-70(58)88(68,53-17-9-3-10-18-53)54-19-11-4-12-20-54/h1-46H. The van der Waals surface area contributed by atoms with Crippen molar-refractivity contribution in [2.75, 3.05) is 0 Å². The van der Waals surface area contributed by atoms with Gasteiger partial charge in [-0.15, -0.1) is 68.0 Å². The lowest BCUT2D eigenvalue weighted by Crippen LogP contribution is -2.72. The zero-order chi connectivity index (χ0) is 57.9. The van der Waals surface area contributed by atoms with Crippen molar-refractivity contribution in [3.05, 3.63) is 277 Å². The summed E-state index contributed by atoms with van der Waals surface area (Å²) in [6.07, 6.45) is 7.58. The quantitative estimate of drug-likeness (QED) is 0.114. The summed E-state index contributed by atoms with van der Waals surface area (Å²) in [7, 11) is -5.61. The predicted octanol–water partition coefficient (Wildman–Crippen LogP) is 15.1. The summed E-state index contributed by atoms with van der Waals surface area (Å²) in [4.78, 5) is 21.8. The van der Waals surface area contributed by atoms with Crippen LogP contribution < -0.4 is 41.5 Å². The predicted molar refractivity (Wildman–Crippen MR) is 379 cm³/mol. The molecule has 14 heteroatoms. The van der Waals surface area contributed by atoms with Gasteiger partial charge in [0.2, 0.25) is 0 Å². The summed E-state index contributed by atoms with van der Waals surface area (Å²) in [6, 6.07) is 88.1. The molecular formula is C74H46N6S6Si2. The van der Waals surface area contributed by atoms with Gasteiger partial charge in [0.1, 0.15) is 20.0 Å². The van der Waals surface area contributed by atoms with Gasteiger partial charge >= 0.3 is 0 Å². The first-order chi connectivity index (χ1) is 43.6. The van der Waals surface area contributed by atoms with Crippen LogP contribution in [0.3, 0.4) is 0 Å². The number of hydrogen-bond donors (Lipinski definition) is 0. The third-order valence-electron chi connectivity index (χ3n) is 17.7. The van der Waals surface area contributed by atoms with Crippen LogP contribution in [0.25, 0.3) is 107 Å². The number of thiazole rings is 4. The van der Waals surface area contributed by atoms with Crippen molar-refractivity contribution in [2.24, 2.45) is 0 Å². The molecule has 2 aliphatic rings. The van der Waals surface area contributed by atoms with Crippen LogP contribution >= 0.6 is 68.0 Å². The molecule has 8 aromatic heterocycles. The minimum Gasteiger partial charge on any atom is -0.305 e. The summed E-state index contributed by atoms with van der Waals surface area (Å²) < 4.78 is 7.32. The molecule has 0 radical (unpaired) electrons. The van der Waals surface area contributed by atoms with Crippen LogP contribution in [-0.4, -0.2) is 45.2 Å². The summed E-state index contributed by atoms with van der Waals surface area (Å²) in [6.45, 7) is 0. The highest BCUT2D eigenvalue weighted by Gasteiger charge is 2.50. The van der Waals surface area contributed by atoms with Gasteiger partial charge in [0, 0.05) is 76.8 Å². The second-order valence-electron chi connectivity index (χ2n) is 22.1. The number of thiophene rings is 2. The Hall–Kier alpha value is -9.07. The van der Waals surface area contributed by atoms with Gasteiger partial charge in [-0.25, -0.2) is 19.9 Å². The Labute approximate surface area is 533 Å². The molecule has 18 rings (SSSR count). The Morgan fingerprint density at radius 3 is 0.875 bits per heavy atom. The second kappa shape index (κ2) is 20.8. The molecule has 0 saturated heterocycles. The number of aromatic nitrogens is 6. The fourth-order valence-corrected chi connectivity index (χ4v) is 29.5. The maximum Gasteiger partial charge on any atom is 0.180 e. The minimum absolute atomic E-state index is 0.978. The molecule has 0 spiro atoms. The summed E-state index contributed by atoms with van der Waals surface area (Å²) in [5.41, 5.74) is 14.0. The van der Waals surface area contributed by atoms with Gasteiger partial charge in [0.15, 0.2) is 16.1 Å². The van der Waals surface area contributed by atoms with Crippen molar-refractivity contribution < 1.29 is 0 Å². The summed E-state index contributed by atoms with van der Waals surface area (Å²) in [5.74, 6) is 0. The number of hydrogen-bond acceptors (Lipinski definition) is 10. The third-order valence-corrected chi connectivity index (χ3v) is 33.1. The van der Waals surface area contributed by atoms with E-state index in [1.807, 2.05) is 47.5 Å². The zero-order valence-corrected chi connectivity index (χ0v) is 53.6. The van der Waals surface area contributed by atoms with Crippen molar-refractivity contribution in [1.29, 1.82) is 0 Å². The fraction of sp³-hybridized carbons (Fsp3) is 0. The molecule has 0 N–H and O–H groups in total. The van der Waals surface area contributed by atoms with Crippen LogP contribution in [0, 0.1) is 0 Å². The first-order valence-corrected chi connectivity index (χ1v) is 38.2. The molecule has 0 aliphatic carbocycles. The first kappa shape index (κ1) is 52.1. The van der Waals surface area contributed by atoms with Gasteiger partial charge in [0.25, 0.3) is 0 Å². The topological polar surface area (TPSA) is 61.4 Å². The van der Waals surface area contributed by atoms with Crippen LogP contribution in [-0.2, 0) is 0 Å². The Kier molecular flexibility index (Phi) is 12.3. The molecule has 10 heterocycles. The SMILES string of the molecule is c1ccc([Si]2(c3ccccc3)c3ccc(-c4cc5sc(-c6ccc7c(c6)-c6cc(-n8c(-c9nccs9)ccc8-c8nccs8)ccc6[Si]7(c6ccccc6)c6ccccc6)cc5s4)cc3-c3cc(-n4c(-c5nccs5)ccc4-c4nccs4)ccc32)cc1. The van der Waals surface area contributed by atoms with Crippen LogP contribution in [0.5, 0.6) is 0 Å². The second-order valence-corrected chi connectivity index (χ2v) is 35.3. The molecule has 0 saturated carbocycles.